The van der Waals surface area contributed by atoms with Crippen LogP contribution in [-0.2, 0) is 4.43 Å². The van der Waals surface area contributed by atoms with E-state index in [9.17, 15) is 0 Å². The molecule has 2 aromatic carbocycles. The molecule has 0 fully saturated rings. The summed E-state index contributed by atoms with van der Waals surface area (Å²) in [6.07, 6.45) is 2.05. The Morgan fingerprint density at radius 3 is 1.90 bits per heavy atom. The van der Waals surface area contributed by atoms with Crippen molar-refractivity contribution < 1.29 is 4.43 Å². The van der Waals surface area contributed by atoms with Gasteiger partial charge in [-0.3, -0.25) is 0 Å². The SMILES string of the molecule is C/C=C(\O[Si](C)(C)C)c1ccc(-c2ccccc2)cc1. The lowest BCUT2D eigenvalue weighted by Gasteiger charge is -2.22. The molecule has 0 amide bonds. The van der Waals surface area contributed by atoms with Crippen LogP contribution in [0.4, 0.5) is 0 Å². The molecule has 0 N–H and O–H groups in total. The number of hydrogen-bond donors (Lipinski definition) is 0. The molecule has 0 bridgehead atoms. The predicted octanol–water partition coefficient (Wildman–Crippen LogP) is 5.57. The Morgan fingerprint density at radius 2 is 1.40 bits per heavy atom. The smallest absolute Gasteiger partial charge is 0.242 e. The van der Waals surface area contributed by atoms with Crippen molar-refractivity contribution in [3.8, 4) is 11.1 Å². The molecule has 0 heterocycles. The van der Waals surface area contributed by atoms with Crippen molar-refractivity contribution in [1.82, 2.24) is 0 Å². The maximum absolute atomic E-state index is 6.12. The van der Waals surface area contributed by atoms with Gasteiger partial charge in [-0.05, 0) is 43.8 Å². The van der Waals surface area contributed by atoms with Crippen LogP contribution < -0.4 is 0 Å². The van der Waals surface area contributed by atoms with Gasteiger partial charge in [-0.15, -0.1) is 0 Å². The van der Waals surface area contributed by atoms with Gasteiger partial charge in [-0.25, -0.2) is 0 Å². The van der Waals surface area contributed by atoms with Crippen LogP contribution in [-0.4, -0.2) is 8.32 Å². The molecule has 0 spiro atoms. The van der Waals surface area contributed by atoms with Crippen LogP contribution in [0.2, 0.25) is 19.6 Å². The van der Waals surface area contributed by atoms with Crippen LogP contribution in [0.15, 0.2) is 60.7 Å². The van der Waals surface area contributed by atoms with E-state index in [4.69, 9.17) is 4.43 Å². The molecule has 0 aliphatic heterocycles. The molecule has 0 radical (unpaired) electrons. The minimum absolute atomic E-state index is 0.990. The molecule has 0 aliphatic rings. The zero-order valence-electron chi connectivity index (χ0n) is 12.7. The second-order valence-corrected chi connectivity index (χ2v) is 10.2. The van der Waals surface area contributed by atoms with E-state index in [1.807, 2.05) is 13.0 Å². The van der Waals surface area contributed by atoms with E-state index < -0.39 is 8.32 Å². The van der Waals surface area contributed by atoms with Gasteiger partial charge < -0.3 is 4.43 Å². The average molecular weight is 282 g/mol. The normalized spacial score (nSPS) is 12.3. The van der Waals surface area contributed by atoms with Gasteiger partial charge in [0.15, 0.2) is 0 Å². The van der Waals surface area contributed by atoms with Crippen molar-refractivity contribution in [2.24, 2.45) is 0 Å². The van der Waals surface area contributed by atoms with Gasteiger partial charge in [0.2, 0.25) is 8.32 Å². The van der Waals surface area contributed by atoms with Crippen molar-refractivity contribution in [2.75, 3.05) is 0 Å². The summed E-state index contributed by atoms with van der Waals surface area (Å²) in [5, 5.41) is 0. The molecule has 20 heavy (non-hydrogen) atoms. The summed E-state index contributed by atoms with van der Waals surface area (Å²) < 4.78 is 6.12. The van der Waals surface area contributed by atoms with Gasteiger partial charge in [-0.1, -0.05) is 54.6 Å². The average Bonchev–Trinajstić information content (AvgIpc) is 2.45. The molecule has 2 rings (SSSR count). The van der Waals surface area contributed by atoms with Crippen LogP contribution >= 0.6 is 0 Å². The monoisotopic (exact) mass is 282 g/mol. The van der Waals surface area contributed by atoms with Crippen LogP contribution in [0.25, 0.3) is 16.9 Å². The largest absolute Gasteiger partial charge is 0.544 e. The minimum atomic E-state index is -1.57. The standard InChI is InChI=1S/C18H22OSi/c1-5-18(19-20(2,3)4)17-13-11-16(12-14-17)15-9-7-6-8-10-15/h5-14H,1-4H3/b18-5-. The van der Waals surface area contributed by atoms with Crippen LogP contribution in [0, 0.1) is 0 Å². The van der Waals surface area contributed by atoms with E-state index in [1.54, 1.807) is 0 Å². The molecule has 0 aliphatic carbocycles. The summed E-state index contributed by atoms with van der Waals surface area (Å²) >= 11 is 0. The Labute approximate surface area is 123 Å². The first kappa shape index (κ1) is 14.6. The van der Waals surface area contributed by atoms with E-state index in [0.717, 1.165) is 11.3 Å². The Kier molecular flexibility index (Phi) is 4.45. The third kappa shape index (κ3) is 3.84. The van der Waals surface area contributed by atoms with E-state index in [0.29, 0.717) is 0 Å². The van der Waals surface area contributed by atoms with Crippen molar-refractivity contribution >= 4 is 14.1 Å². The first-order valence-electron chi connectivity index (χ1n) is 7.01. The van der Waals surface area contributed by atoms with Gasteiger partial charge in [0, 0.05) is 5.56 Å². The molecule has 0 saturated carbocycles. The van der Waals surface area contributed by atoms with Crippen LogP contribution in [0.1, 0.15) is 12.5 Å². The third-order valence-corrected chi connectivity index (χ3v) is 3.79. The van der Waals surface area contributed by atoms with Crippen molar-refractivity contribution in [3.05, 3.63) is 66.2 Å². The highest BCUT2D eigenvalue weighted by Crippen LogP contribution is 2.25. The lowest BCUT2D eigenvalue weighted by Crippen LogP contribution is -2.24. The number of benzene rings is 2. The van der Waals surface area contributed by atoms with Gasteiger partial charge >= 0.3 is 0 Å². The van der Waals surface area contributed by atoms with E-state index in [-0.39, 0.29) is 0 Å². The topological polar surface area (TPSA) is 9.23 Å². The summed E-state index contributed by atoms with van der Waals surface area (Å²) in [6.45, 7) is 8.64. The molecule has 0 saturated heterocycles. The highest BCUT2D eigenvalue weighted by atomic mass is 28.4. The number of allylic oxidation sites excluding steroid dienone is 1. The Morgan fingerprint density at radius 1 is 0.850 bits per heavy atom. The zero-order valence-corrected chi connectivity index (χ0v) is 13.7. The summed E-state index contributed by atoms with van der Waals surface area (Å²) in [6, 6.07) is 19.0. The van der Waals surface area contributed by atoms with E-state index in [1.165, 1.54) is 11.1 Å². The summed E-state index contributed by atoms with van der Waals surface area (Å²) in [4.78, 5) is 0. The van der Waals surface area contributed by atoms with Crippen molar-refractivity contribution in [2.45, 2.75) is 26.6 Å². The van der Waals surface area contributed by atoms with E-state index in [2.05, 4.69) is 74.2 Å². The summed E-state index contributed by atoms with van der Waals surface area (Å²) in [5.41, 5.74) is 3.62. The first-order valence-corrected chi connectivity index (χ1v) is 10.4. The Balaban J connectivity index is 2.24. The molecule has 2 heteroatoms. The van der Waals surface area contributed by atoms with Gasteiger partial charge in [0.1, 0.15) is 5.76 Å². The fourth-order valence-corrected chi connectivity index (χ4v) is 2.97. The number of hydrogen-bond acceptors (Lipinski definition) is 1. The van der Waals surface area contributed by atoms with Crippen molar-refractivity contribution in [3.63, 3.8) is 0 Å². The molecule has 0 atom stereocenters. The highest BCUT2D eigenvalue weighted by molar-refractivity contribution is 6.70. The Hall–Kier alpha value is -1.80. The van der Waals surface area contributed by atoms with Crippen LogP contribution in [0.3, 0.4) is 0 Å². The fraction of sp³-hybridized carbons (Fsp3) is 0.222. The van der Waals surface area contributed by atoms with E-state index >= 15 is 0 Å². The molecule has 1 nitrogen and oxygen atoms in total. The minimum Gasteiger partial charge on any atom is -0.544 e. The molecule has 0 aromatic heterocycles. The third-order valence-electron chi connectivity index (χ3n) is 2.95. The lowest BCUT2D eigenvalue weighted by molar-refractivity contribution is 0.513. The Bertz CT molecular complexity index is 577. The van der Waals surface area contributed by atoms with Gasteiger partial charge in [0.05, 0.1) is 0 Å². The molecule has 104 valence electrons. The maximum atomic E-state index is 6.12. The lowest BCUT2D eigenvalue weighted by atomic mass is 10.0. The van der Waals surface area contributed by atoms with Crippen LogP contribution in [0.5, 0.6) is 0 Å². The second-order valence-electron chi connectivity index (χ2n) is 5.81. The quantitative estimate of drug-likeness (QED) is 0.526. The first-order chi connectivity index (χ1) is 9.49. The summed E-state index contributed by atoms with van der Waals surface area (Å²) in [5.74, 6) is 0.990. The number of rotatable bonds is 4. The fourth-order valence-electron chi connectivity index (χ4n) is 2.07. The summed E-state index contributed by atoms with van der Waals surface area (Å²) in [7, 11) is -1.57. The van der Waals surface area contributed by atoms with Gasteiger partial charge in [-0.2, -0.15) is 0 Å². The van der Waals surface area contributed by atoms with Crippen molar-refractivity contribution in [1.29, 1.82) is 0 Å². The molecule has 0 unspecified atom stereocenters. The molecule has 2 aromatic rings. The molecular formula is C18H22OSi. The molecular weight excluding hydrogens is 260 g/mol. The second kappa shape index (κ2) is 6.10. The predicted molar refractivity (Wildman–Crippen MR) is 90.0 cm³/mol. The zero-order chi connectivity index (χ0) is 14.6. The van der Waals surface area contributed by atoms with Gasteiger partial charge in [0.25, 0.3) is 0 Å². The maximum Gasteiger partial charge on any atom is 0.242 e. The highest BCUT2D eigenvalue weighted by Gasteiger charge is 2.18.